The van der Waals surface area contributed by atoms with Gasteiger partial charge in [-0.3, -0.25) is 5.32 Å². The third kappa shape index (κ3) is 3.81. The Balaban J connectivity index is 0.00000161. The van der Waals surface area contributed by atoms with Gasteiger partial charge in [0.15, 0.2) is 0 Å². The molecule has 21 heavy (non-hydrogen) atoms. The van der Waals surface area contributed by atoms with Gasteiger partial charge < -0.3 is 4.90 Å². The van der Waals surface area contributed by atoms with Crippen LogP contribution >= 0.6 is 39.7 Å². The average molecular weight is 387 g/mol. The summed E-state index contributed by atoms with van der Waals surface area (Å²) in [6.07, 6.45) is 3.66. The molecular formula is C16H19BrClN2S. The van der Waals surface area contributed by atoms with Crippen molar-refractivity contribution in [3.63, 3.8) is 0 Å². The quantitative estimate of drug-likeness (QED) is 0.805. The predicted molar refractivity (Wildman–Crippen MR) is 97.4 cm³/mol. The smallest absolute Gasteiger partial charge is 0.0828 e. The fourth-order valence-corrected chi connectivity index (χ4v) is 3.70. The van der Waals surface area contributed by atoms with E-state index in [1.807, 2.05) is 0 Å². The summed E-state index contributed by atoms with van der Waals surface area (Å²) in [6.45, 7) is 4.13. The van der Waals surface area contributed by atoms with Gasteiger partial charge >= 0.3 is 0 Å². The molecule has 0 amide bonds. The minimum absolute atomic E-state index is 0. The zero-order valence-corrected chi connectivity index (χ0v) is 15.1. The Kier molecular flexibility index (Phi) is 6.11. The summed E-state index contributed by atoms with van der Waals surface area (Å²) >= 11 is 5.38. The topological polar surface area (TPSA) is 15.3 Å². The molecule has 2 heterocycles. The Bertz CT molecular complexity index is 574. The van der Waals surface area contributed by atoms with E-state index < -0.39 is 0 Å². The van der Waals surface area contributed by atoms with Crippen LogP contribution in [-0.2, 0) is 13.0 Å². The molecule has 0 aliphatic carbocycles. The van der Waals surface area contributed by atoms with Gasteiger partial charge in [-0.05, 0) is 42.0 Å². The first-order valence-electron chi connectivity index (χ1n) is 6.88. The maximum absolute atomic E-state index is 3.64. The van der Waals surface area contributed by atoms with Gasteiger partial charge in [-0.15, -0.1) is 23.7 Å². The van der Waals surface area contributed by atoms with Gasteiger partial charge in [-0.1, -0.05) is 35.0 Å². The normalized spacial score (nSPS) is 14.7. The third-order valence-electron chi connectivity index (χ3n) is 3.70. The van der Waals surface area contributed by atoms with E-state index in [2.05, 4.69) is 75.2 Å². The van der Waals surface area contributed by atoms with Crippen molar-refractivity contribution >= 4 is 45.4 Å². The molecule has 1 radical (unpaired) electrons. The molecule has 1 N–H and O–H groups in total. The lowest BCUT2D eigenvalue weighted by molar-refractivity contribution is 0.543. The molecule has 0 saturated carbocycles. The minimum atomic E-state index is 0. The molecule has 0 fully saturated rings. The van der Waals surface area contributed by atoms with Crippen molar-refractivity contribution in [3.8, 4) is 0 Å². The average Bonchev–Trinajstić information content (AvgIpc) is 3.09. The molecule has 1 aromatic carbocycles. The number of nitrogens with one attached hydrogen (secondary N) is 1. The number of thiophene rings is 1. The molecule has 0 saturated heterocycles. The molecule has 2 nitrogen and oxygen atoms in total. The van der Waals surface area contributed by atoms with Crippen LogP contribution in [-0.4, -0.2) is 12.7 Å². The van der Waals surface area contributed by atoms with E-state index in [1.165, 1.54) is 16.1 Å². The van der Waals surface area contributed by atoms with Gasteiger partial charge in [0.25, 0.3) is 0 Å². The number of hydrogen-bond donors (Lipinski definition) is 1. The Hall–Kier alpha value is -0.550. The largest absolute Gasteiger partial charge is 0.355 e. The Labute approximate surface area is 145 Å². The molecule has 1 atom stereocenters. The summed E-state index contributed by atoms with van der Waals surface area (Å²) in [7, 11) is 0. The number of hydrogen-bond acceptors (Lipinski definition) is 3. The van der Waals surface area contributed by atoms with Gasteiger partial charge in [0, 0.05) is 28.1 Å². The Morgan fingerprint density at radius 2 is 2.29 bits per heavy atom. The first kappa shape index (κ1) is 16.8. The van der Waals surface area contributed by atoms with Crippen LogP contribution in [0, 0.1) is 6.42 Å². The number of nitrogens with zero attached hydrogens (tertiary/aromatic N) is 1. The van der Waals surface area contributed by atoms with Crippen LogP contribution in [0.1, 0.15) is 17.4 Å². The molecule has 113 valence electrons. The summed E-state index contributed by atoms with van der Waals surface area (Å²) in [5.41, 5.74) is 2.79. The monoisotopic (exact) mass is 385 g/mol. The summed E-state index contributed by atoms with van der Waals surface area (Å²) in [4.78, 5) is 3.83. The second-order valence-electron chi connectivity index (χ2n) is 4.95. The molecule has 5 heteroatoms. The maximum Gasteiger partial charge on any atom is 0.0828 e. The summed E-state index contributed by atoms with van der Waals surface area (Å²) < 4.78 is 1.15. The highest BCUT2D eigenvalue weighted by atomic mass is 79.9. The second-order valence-corrected chi connectivity index (χ2v) is 6.90. The molecule has 1 aromatic heterocycles. The minimum Gasteiger partial charge on any atom is -0.355 e. The fourth-order valence-electron chi connectivity index (χ4n) is 2.69. The molecule has 0 unspecified atom stereocenters. The maximum atomic E-state index is 3.64. The summed E-state index contributed by atoms with van der Waals surface area (Å²) in [6, 6.07) is 10.9. The van der Waals surface area contributed by atoms with Crippen LogP contribution < -0.4 is 10.2 Å². The van der Waals surface area contributed by atoms with E-state index in [9.17, 15) is 0 Å². The number of anilines is 1. The van der Waals surface area contributed by atoms with Gasteiger partial charge in [0.1, 0.15) is 0 Å². The van der Waals surface area contributed by atoms with E-state index in [1.54, 1.807) is 11.3 Å². The van der Waals surface area contributed by atoms with Crippen molar-refractivity contribution in [1.82, 2.24) is 5.32 Å². The van der Waals surface area contributed by atoms with E-state index in [0.717, 1.165) is 24.0 Å². The van der Waals surface area contributed by atoms with E-state index in [-0.39, 0.29) is 18.6 Å². The zero-order chi connectivity index (χ0) is 13.9. The van der Waals surface area contributed by atoms with E-state index in [4.69, 9.17) is 0 Å². The highest BCUT2D eigenvalue weighted by molar-refractivity contribution is 9.10. The number of rotatable bonds is 5. The van der Waals surface area contributed by atoms with E-state index in [0.29, 0.717) is 0 Å². The second kappa shape index (κ2) is 7.63. The number of fused-ring (bicyclic) bond motifs is 1. The standard InChI is InChI=1S/C16H18BrN2S.ClH/c1-2-16(18-11-14-4-3-9-20-14)19-8-7-12-5-6-13(17)10-15(12)19;/h2-6,9-10,16,18H,7-8,11H2,1H3;1H/t16-;/m0./s1. The van der Waals surface area contributed by atoms with Crippen LogP contribution in [0.5, 0.6) is 0 Å². The third-order valence-corrected chi connectivity index (χ3v) is 5.07. The van der Waals surface area contributed by atoms with Crippen LogP contribution in [0.3, 0.4) is 0 Å². The molecular weight excluding hydrogens is 368 g/mol. The van der Waals surface area contributed by atoms with Crippen molar-refractivity contribution in [1.29, 1.82) is 0 Å². The summed E-state index contributed by atoms with van der Waals surface area (Å²) in [5, 5.41) is 5.77. The number of benzene rings is 1. The predicted octanol–water partition coefficient (Wildman–Crippen LogP) is 4.63. The van der Waals surface area contributed by atoms with Crippen molar-refractivity contribution in [2.45, 2.75) is 26.1 Å². The van der Waals surface area contributed by atoms with Gasteiger partial charge in [-0.2, -0.15) is 0 Å². The molecule has 3 rings (SSSR count). The summed E-state index contributed by atoms with van der Waals surface area (Å²) in [5.74, 6) is 0. The van der Waals surface area contributed by atoms with Crippen LogP contribution in [0.2, 0.25) is 0 Å². The lowest BCUT2D eigenvalue weighted by Crippen LogP contribution is -2.44. The molecule has 0 bridgehead atoms. The van der Waals surface area contributed by atoms with Crippen molar-refractivity contribution < 1.29 is 0 Å². The first-order valence-corrected chi connectivity index (χ1v) is 8.55. The van der Waals surface area contributed by atoms with Crippen LogP contribution in [0.4, 0.5) is 5.69 Å². The Morgan fingerprint density at radius 1 is 1.43 bits per heavy atom. The highest BCUT2D eigenvalue weighted by Gasteiger charge is 2.25. The molecule has 1 aliphatic rings. The van der Waals surface area contributed by atoms with Gasteiger partial charge in [0.05, 0.1) is 6.17 Å². The fraction of sp³-hybridized carbons (Fsp3) is 0.312. The highest BCUT2D eigenvalue weighted by Crippen LogP contribution is 2.32. The van der Waals surface area contributed by atoms with Crippen molar-refractivity contribution in [3.05, 3.63) is 57.0 Å². The molecule has 0 spiro atoms. The van der Waals surface area contributed by atoms with Crippen LogP contribution in [0.15, 0.2) is 40.2 Å². The lowest BCUT2D eigenvalue weighted by Gasteiger charge is -2.30. The lowest BCUT2D eigenvalue weighted by atomic mass is 10.2. The number of halogens is 2. The van der Waals surface area contributed by atoms with Crippen LogP contribution in [0.25, 0.3) is 0 Å². The van der Waals surface area contributed by atoms with Gasteiger partial charge in [-0.25, -0.2) is 0 Å². The SMILES string of the molecule is C[CH][C@@H](NCc1cccs1)N1CCc2ccc(Br)cc21.Cl. The van der Waals surface area contributed by atoms with Crippen molar-refractivity contribution in [2.75, 3.05) is 11.4 Å². The zero-order valence-electron chi connectivity index (χ0n) is 11.9. The Morgan fingerprint density at radius 3 is 3.00 bits per heavy atom. The van der Waals surface area contributed by atoms with E-state index >= 15 is 0 Å². The molecule has 2 aromatic rings. The molecule has 1 aliphatic heterocycles. The van der Waals surface area contributed by atoms with Crippen molar-refractivity contribution in [2.24, 2.45) is 0 Å². The van der Waals surface area contributed by atoms with Gasteiger partial charge in [0.2, 0.25) is 0 Å². The first-order chi connectivity index (χ1) is 9.78.